The molecule has 0 saturated heterocycles. The SMILES string of the molecule is CCN(CC)CO[C]=O. The fourth-order valence-electron chi connectivity index (χ4n) is 0.524. The van der Waals surface area contributed by atoms with Crippen molar-refractivity contribution in [3.05, 3.63) is 0 Å². The van der Waals surface area contributed by atoms with E-state index in [1.807, 2.05) is 18.7 Å². The minimum absolute atomic E-state index is 0.358. The van der Waals surface area contributed by atoms with Crippen LogP contribution < -0.4 is 0 Å². The van der Waals surface area contributed by atoms with Crippen molar-refractivity contribution in [3.8, 4) is 0 Å². The molecule has 1 radical (unpaired) electrons. The van der Waals surface area contributed by atoms with E-state index in [1.165, 1.54) is 6.47 Å². The van der Waals surface area contributed by atoms with Gasteiger partial charge in [-0.2, -0.15) is 0 Å². The Morgan fingerprint density at radius 1 is 1.44 bits per heavy atom. The number of rotatable bonds is 5. The predicted octanol–water partition coefficient (Wildman–Crippen LogP) is 0.369. The molecule has 0 unspecified atom stereocenters. The molecule has 53 valence electrons. The molecule has 0 aromatic carbocycles. The van der Waals surface area contributed by atoms with Crippen LogP contribution in [0.3, 0.4) is 0 Å². The zero-order chi connectivity index (χ0) is 7.11. The van der Waals surface area contributed by atoms with Crippen LogP contribution in [0.15, 0.2) is 0 Å². The lowest BCUT2D eigenvalue weighted by molar-refractivity contribution is 0.123. The highest BCUT2D eigenvalue weighted by molar-refractivity contribution is 5.37. The number of ether oxygens (including phenoxy) is 1. The van der Waals surface area contributed by atoms with E-state index in [9.17, 15) is 4.79 Å². The molecule has 0 aromatic heterocycles. The molecule has 3 nitrogen and oxygen atoms in total. The van der Waals surface area contributed by atoms with E-state index in [-0.39, 0.29) is 0 Å². The van der Waals surface area contributed by atoms with Crippen LogP contribution in [0.4, 0.5) is 0 Å². The fourth-order valence-corrected chi connectivity index (χ4v) is 0.524. The average molecular weight is 130 g/mol. The molecule has 3 heteroatoms. The van der Waals surface area contributed by atoms with Gasteiger partial charge >= 0.3 is 6.47 Å². The van der Waals surface area contributed by atoms with E-state index in [0.29, 0.717) is 6.73 Å². The van der Waals surface area contributed by atoms with Crippen molar-refractivity contribution in [2.24, 2.45) is 0 Å². The van der Waals surface area contributed by atoms with Crippen molar-refractivity contribution in [2.45, 2.75) is 13.8 Å². The lowest BCUT2D eigenvalue weighted by Gasteiger charge is -2.14. The Morgan fingerprint density at radius 2 is 2.00 bits per heavy atom. The fraction of sp³-hybridized carbons (Fsp3) is 0.833. The summed E-state index contributed by atoms with van der Waals surface area (Å²) in [6, 6.07) is 0. The van der Waals surface area contributed by atoms with E-state index in [4.69, 9.17) is 0 Å². The van der Waals surface area contributed by atoms with Crippen LogP contribution >= 0.6 is 0 Å². The van der Waals surface area contributed by atoms with Crippen LogP contribution in [0.25, 0.3) is 0 Å². The van der Waals surface area contributed by atoms with Gasteiger partial charge in [0, 0.05) is 0 Å². The Bertz CT molecular complexity index is 71.5. The predicted molar refractivity (Wildman–Crippen MR) is 34.6 cm³/mol. The number of hydrogen-bond donors (Lipinski definition) is 0. The maximum Gasteiger partial charge on any atom is 0.418 e. The van der Waals surface area contributed by atoms with Gasteiger partial charge in [0.15, 0.2) is 0 Å². The van der Waals surface area contributed by atoms with Gasteiger partial charge in [0.2, 0.25) is 0 Å². The topological polar surface area (TPSA) is 29.5 Å². The molecule has 0 aliphatic rings. The van der Waals surface area contributed by atoms with Crippen LogP contribution in [-0.4, -0.2) is 31.2 Å². The molecular formula is C6H12NO2. The molecule has 0 N–H and O–H groups in total. The van der Waals surface area contributed by atoms with Gasteiger partial charge in [-0.1, -0.05) is 13.8 Å². The molecule has 0 saturated carbocycles. The molecule has 0 bridgehead atoms. The van der Waals surface area contributed by atoms with Crippen molar-refractivity contribution in [2.75, 3.05) is 19.8 Å². The van der Waals surface area contributed by atoms with E-state index < -0.39 is 0 Å². The normalized spacial score (nSPS) is 9.67. The monoisotopic (exact) mass is 130 g/mol. The highest BCUT2D eigenvalue weighted by atomic mass is 16.5. The van der Waals surface area contributed by atoms with Crippen LogP contribution in [0, 0.1) is 0 Å². The average Bonchev–Trinajstić information content (AvgIpc) is 1.91. The Morgan fingerprint density at radius 3 is 2.33 bits per heavy atom. The van der Waals surface area contributed by atoms with Gasteiger partial charge in [0.1, 0.15) is 6.73 Å². The molecule has 0 heterocycles. The third-order valence-corrected chi connectivity index (χ3v) is 1.20. The first-order chi connectivity index (χ1) is 4.35. The quantitative estimate of drug-likeness (QED) is 0.503. The van der Waals surface area contributed by atoms with Crippen molar-refractivity contribution >= 4 is 6.47 Å². The number of carbonyl (C=O) groups excluding carboxylic acids is 1. The summed E-state index contributed by atoms with van der Waals surface area (Å²) in [6.45, 7) is 7.56. The number of hydrogen-bond acceptors (Lipinski definition) is 3. The molecule has 0 fully saturated rings. The molecular weight excluding hydrogens is 118 g/mol. The Balaban J connectivity index is 3.19. The molecule has 0 amide bonds. The standard InChI is InChI=1S/C6H12NO2/c1-3-7(4-2)5-9-6-8/h3-5H2,1-2H3. The number of nitrogens with zero attached hydrogens (tertiary/aromatic N) is 1. The van der Waals surface area contributed by atoms with Crippen molar-refractivity contribution in [1.29, 1.82) is 0 Å². The van der Waals surface area contributed by atoms with Crippen LogP contribution in [0.1, 0.15) is 13.8 Å². The summed E-state index contributed by atoms with van der Waals surface area (Å²) in [6.07, 6.45) is 0. The summed E-state index contributed by atoms with van der Waals surface area (Å²) in [5, 5.41) is 0. The smallest absolute Gasteiger partial charge is 0.418 e. The summed E-state index contributed by atoms with van der Waals surface area (Å²) < 4.78 is 4.40. The van der Waals surface area contributed by atoms with E-state index in [1.54, 1.807) is 0 Å². The zero-order valence-electron chi connectivity index (χ0n) is 5.89. The third kappa shape index (κ3) is 3.97. The van der Waals surface area contributed by atoms with Gasteiger partial charge in [0.25, 0.3) is 0 Å². The van der Waals surface area contributed by atoms with Crippen LogP contribution in [-0.2, 0) is 9.53 Å². The lowest BCUT2D eigenvalue weighted by Crippen LogP contribution is -2.25. The van der Waals surface area contributed by atoms with E-state index >= 15 is 0 Å². The Labute approximate surface area is 55.6 Å². The van der Waals surface area contributed by atoms with Crippen molar-refractivity contribution in [1.82, 2.24) is 4.90 Å². The second-order valence-electron chi connectivity index (χ2n) is 1.66. The van der Waals surface area contributed by atoms with Gasteiger partial charge < -0.3 is 4.74 Å². The minimum atomic E-state index is 0.358. The van der Waals surface area contributed by atoms with E-state index in [2.05, 4.69) is 4.74 Å². The maximum atomic E-state index is 9.57. The molecule has 0 spiro atoms. The van der Waals surface area contributed by atoms with Gasteiger partial charge in [0.05, 0.1) is 0 Å². The second kappa shape index (κ2) is 5.56. The van der Waals surface area contributed by atoms with Crippen molar-refractivity contribution in [3.63, 3.8) is 0 Å². The molecule has 9 heavy (non-hydrogen) atoms. The van der Waals surface area contributed by atoms with Crippen LogP contribution in [0.5, 0.6) is 0 Å². The summed E-state index contributed by atoms with van der Waals surface area (Å²) in [7, 11) is 0. The Kier molecular flexibility index (Phi) is 5.21. The minimum Gasteiger partial charge on any atom is -0.441 e. The Hall–Kier alpha value is -0.570. The third-order valence-electron chi connectivity index (χ3n) is 1.20. The van der Waals surface area contributed by atoms with E-state index in [0.717, 1.165) is 13.1 Å². The zero-order valence-corrected chi connectivity index (χ0v) is 5.89. The molecule has 0 aromatic rings. The molecule has 0 aliphatic carbocycles. The summed E-state index contributed by atoms with van der Waals surface area (Å²) >= 11 is 0. The maximum absolute atomic E-state index is 9.57. The molecule has 0 rings (SSSR count). The largest absolute Gasteiger partial charge is 0.441 e. The van der Waals surface area contributed by atoms with Crippen molar-refractivity contribution < 1.29 is 9.53 Å². The lowest BCUT2D eigenvalue weighted by atomic mass is 10.6. The molecule has 0 aliphatic heterocycles. The first-order valence-electron chi connectivity index (χ1n) is 3.06. The highest BCUT2D eigenvalue weighted by Crippen LogP contribution is 1.84. The first kappa shape index (κ1) is 8.43. The summed E-state index contributed by atoms with van der Waals surface area (Å²) in [4.78, 5) is 11.5. The summed E-state index contributed by atoms with van der Waals surface area (Å²) in [5.74, 6) is 0. The van der Waals surface area contributed by atoms with Gasteiger partial charge in [-0.3, -0.25) is 4.90 Å². The van der Waals surface area contributed by atoms with Gasteiger partial charge in [-0.25, -0.2) is 4.79 Å². The van der Waals surface area contributed by atoms with Gasteiger partial charge in [-0.05, 0) is 13.1 Å². The first-order valence-corrected chi connectivity index (χ1v) is 3.06. The second-order valence-corrected chi connectivity index (χ2v) is 1.66. The highest BCUT2D eigenvalue weighted by Gasteiger charge is 1.95. The van der Waals surface area contributed by atoms with Gasteiger partial charge in [-0.15, -0.1) is 0 Å². The summed E-state index contributed by atoms with van der Waals surface area (Å²) in [5.41, 5.74) is 0. The van der Waals surface area contributed by atoms with Crippen LogP contribution in [0.2, 0.25) is 0 Å². The molecule has 0 atom stereocenters.